The molecule has 0 aliphatic heterocycles. The van der Waals surface area contributed by atoms with Crippen LogP contribution in [0.25, 0.3) is 0 Å². The second-order valence-electron chi connectivity index (χ2n) is 7.35. The molecule has 1 aliphatic rings. The Morgan fingerprint density at radius 3 is 2.76 bits per heavy atom. The van der Waals surface area contributed by atoms with E-state index in [2.05, 4.69) is 25.6 Å². The second-order valence-corrected chi connectivity index (χ2v) is 7.35. The van der Waals surface area contributed by atoms with E-state index in [1.165, 1.54) is 12.8 Å². The zero-order valence-electron chi connectivity index (χ0n) is 16.1. The van der Waals surface area contributed by atoms with Crippen LogP contribution in [-0.4, -0.2) is 30.9 Å². The minimum absolute atomic E-state index is 0. The summed E-state index contributed by atoms with van der Waals surface area (Å²) in [5.74, 6) is 1.98. The van der Waals surface area contributed by atoms with Crippen molar-refractivity contribution < 1.29 is 4.79 Å². The quantitative estimate of drug-likeness (QED) is 0.494. The molecule has 1 fully saturated rings. The molecule has 0 radical (unpaired) electrons. The maximum atomic E-state index is 12.4. The van der Waals surface area contributed by atoms with Gasteiger partial charge in [0.1, 0.15) is 12.4 Å². The number of rotatable bonds is 9. The van der Waals surface area contributed by atoms with Crippen molar-refractivity contribution in [3.63, 3.8) is 0 Å². The van der Waals surface area contributed by atoms with E-state index in [0.717, 1.165) is 23.5 Å². The Balaban J connectivity index is 0.00000240. The van der Waals surface area contributed by atoms with Crippen molar-refractivity contribution in [3.05, 3.63) is 65.5 Å². The number of aromatic nitrogens is 5. The molecule has 0 spiro atoms. The van der Waals surface area contributed by atoms with Crippen LogP contribution in [0.2, 0.25) is 0 Å². The third kappa shape index (κ3) is 5.88. The first-order valence-corrected chi connectivity index (χ1v) is 9.65. The summed E-state index contributed by atoms with van der Waals surface area (Å²) in [6.45, 7) is 0.498. The molecule has 1 atom stereocenters. The van der Waals surface area contributed by atoms with Crippen LogP contribution < -0.4 is 11.1 Å². The van der Waals surface area contributed by atoms with Crippen LogP contribution in [0.15, 0.2) is 42.6 Å². The maximum absolute atomic E-state index is 12.4. The van der Waals surface area contributed by atoms with E-state index in [-0.39, 0.29) is 30.9 Å². The molecule has 1 saturated carbocycles. The van der Waals surface area contributed by atoms with Gasteiger partial charge in [-0.3, -0.25) is 9.89 Å². The molecule has 1 aromatic carbocycles. The van der Waals surface area contributed by atoms with Crippen LogP contribution >= 0.6 is 12.4 Å². The lowest BCUT2D eigenvalue weighted by Crippen LogP contribution is -2.30. The molecule has 0 bridgehead atoms. The summed E-state index contributed by atoms with van der Waals surface area (Å²) in [5.41, 5.74) is 8.43. The van der Waals surface area contributed by atoms with Gasteiger partial charge in [-0.15, -0.1) is 12.4 Å². The predicted octanol–water partition coefficient (Wildman–Crippen LogP) is 1.93. The highest BCUT2D eigenvalue weighted by Gasteiger charge is 2.26. The number of halogens is 1. The van der Waals surface area contributed by atoms with Gasteiger partial charge in [-0.1, -0.05) is 30.3 Å². The van der Waals surface area contributed by atoms with Crippen LogP contribution in [0.4, 0.5) is 0 Å². The van der Waals surface area contributed by atoms with Gasteiger partial charge >= 0.3 is 0 Å². The average molecular weight is 416 g/mol. The van der Waals surface area contributed by atoms with Gasteiger partial charge in [0, 0.05) is 12.6 Å². The molecular weight excluding hydrogens is 390 g/mol. The highest BCUT2D eigenvalue weighted by molar-refractivity contribution is 5.85. The molecule has 0 unspecified atom stereocenters. The minimum atomic E-state index is -0.316. The second kappa shape index (κ2) is 9.67. The van der Waals surface area contributed by atoms with Crippen molar-refractivity contribution in [2.75, 3.05) is 0 Å². The molecule has 154 valence electrons. The van der Waals surface area contributed by atoms with Gasteiger partial charge < -0.3 is 11.1 Å². The summed E-state index contributed by atoms with van der Waals surface area (Å²) in [6.07, 6.45) is 5.62. The highest BCUT2D eigenvalue weighted by atomic mass is 35.5. The van der Waals surface area contributed by atoms with Crippen molar-refractivity contribution >= 4 is 18.3 Å². The van der Waals surface area contributed by atoms with Gasteiger partial charge in [0.25, 0.3) is 0 Å². The lowest BCUT2D eigenvalue weighted by molar-refractivity contribution is -0.122. The van der Waals surface area contributed by atoms with Crippen LogP contribution in [0.3, 0.4) is 0 Å². The van der Waals surface area contributed by atoms with E-state index in [1.54, 1.807) is 10.9 Å². The molecule has 8 nitrogen and oxygen atoms in total. The Kier molecular flexibility index (Phi) is 7.00. The van der Waals surface area contributed by atoms with E-state index < -0.39 is 0 Å². The molecule has 9 heteroatoms. The summed E-state index contributed by atoms with van der Waals surface area (Å²) in [4.78, 5) is 17.1. The normalized spacial score (nSPS) is 14.2. The third-order valence-corrected chi connectivity index (χ3v) is 4.87. The van der Waals surface area contributed by atoms with Gasteiger partial charge in [0.15, 0.2) is 5.82 Å². The van der Waals surface area contributed by atoms with Crippen LogP contribution in [0.1, 0.15) is 41.8 Å². The SMILES string of the molecule is Cl.N[C@H](Cc1ccccc1)c1nc(CC2CC2)nn1CC(=O)NCc1ccn[nH]1. The molecule has 2 aromatic heterocycles. The van der Waals surface area contributed by atoms with Gasteiger partial charge in [-0.25, -0.2) is 9.67 Å². The van der Waals surface area contributed by atoms with E-state index >= 15 is 0 Å². The molecule has 0 saturated heterocycles. The Morgan fingerprint density at radius 2 is 2.07 bits per heavy atom. The Bertz CT molecular complexity index is 906. The first-order chi connectivity index (χ1) is 13.7. The number of hydrogen-bond acceptors (Lipinski definition) is 5. The predicted molar refractivity (Wildman–Crippen MR) is 111 cm³/mol. The number of carbonyl (C=O) groups is 1. The Labute approximate surface area is 175 Å². The largest absolute Gasteiger partial charge is 0.349 e. The number of aromatic amines is 1. The summed E-state index contributed by atoms with van der Waals surface area (Å²) >= 11 is 0. The van der Waals surface area contributed by atoms with Crippen molar-refractivity contribution in [2.24, 2.45) is 11.7 Å². The molecule has 4 N–H and O–H groups in total. The Morgan fingerprint density at radius 1 is 1.28 bits per heavy atom. The van der Waals surface area contributed by atoms with Gasteiger partial charge in [0.2, 0.25) is 5.91 Å². The first kappa shape index (κ1) is 21.0. The Hall–Kier alpha value is -2.71. The standard InChI is InChI=1S/C20H25N7O.ClH/c21-17(10-14-4-2-1-3-5-14)20-24-18(11-15-6-7-15)26-27(20)13-19(28)22-12-16-8-9-23-25-16;/h1-5,8-9,15,17H,6-7,10-13,21H2,(H,22,28)(H,23,25);1H/t17-;/m1./s1. The van der Waals surface area contributed by atoms with Gasteiger partial charge in [-0.2, -0.15) is 10.2 Å². The average Bonchev–Trinajstić information content (AvgIpc) is 3.18. The number of amides is 1. The zero-order chi connectivity index (χ0) is 19.3. The van der Waals surface area contributed by atoms with E-state index in [1.807, 2.05) is 36.4 Å². The number of carbonyl (C=O) groups excluding carboxylic acids is 1. The molecule has 2 heterocycles. The van der Waals surface area contributed by atoms with E-state index in [9.17, 15) is 4.79 Å². The van der Waals surface area contributed by atoms with Crippen LogP contribution in [0.5, 0.6) is 0 Å². The topological polar surface area (TPSA) is 115 Å². The molecule has 1 aliphatic carbocycles. The number of nitrogens with zero attached hydrogens (tertiary/aromatic N) is 4. The van der Waals surface area contributed by atoms with E-state index in [0.29, 0.717) is 24.7 Å². The third-order valence-electron chi connectivity index (χ3n) is 4.87. The molecule has 4 rings (SSSR count). The molecular formula is C20H26ClN7O. The number of nitrogens with two attached hydrogens (primary N) is 1. The minimum Gasteiger partial charge on any atom is -0.349 e. The fraction of sp³-hybridized carbons (Fsp3) is 0.400. The number of H-pyrrole nitrogens is 1. The lowest BCUT2D eigenvalue weighted by Gasteiger charge is -2.13. The van der Waals surface area contributed by atoms with E-state index in [4.69, 9.17) is 5.73 Å². The fourth-order valence-corrected chi connectivity index (χ4v) is 3.19. The van der Waals surface area contributed by atoms with Crippen molar-refractivity contribution in [3.8, 4) is 0 Å². The maximum Gasteiger partial charge on any atom is 0.242 e. The summed E-state index contributed by atoms with van der Waals surface area (Å²) in [6, 6.07) is 11.6. The van der Waals surface area contributed by atoms with Crippen LogP contribution in [-0.2, 0) is 30.7 Å². The molecule has 29 heavy (non-hydrogen) atoms. The summed E-state index contributed by atoms with van der Waals surface area (Å²) < 4.78 is 1.66. The van der Waals surface area contributed by atoms with Crippen molar-refractivity contribution in [1.29, 1.82) is 0 Å². The molecule has 3 aromatic rings. The summed E-state index contributed by atoms with van der Waals surface area (Å²) in [7, 11) is 0. The van der Waals surface area contributed by atoms with Crippen molar-refractivity contribution in [2.45, 2.75) is 44.8 Å². The number of benzene rings is 1. The smallest absolute Gasteiger partial charge is 0.242 e. The number of hydrogen-bond donors (Lipinski definition) is 3. The monoisotopic (exact) mass is 415 g/mol. The fourth-order valence-electron chi connectivity index (χ4n) is 3.19. The zero-order valence-corrected chi connectivity index (χ0v) is 16.9. The lowest BCUT2D eigenvalue weighted by atomic mass is 10.1. The van der Waals surface area contributed by atoms with Crippen LogP contribution in [0, 0.1) is 5.92 Å². The number of nitrogens with one attached hydrogen (secondary N) is 2. The first-order valence-electron chi connectivity index (χ1n) is 9.65. The van der Waals surface area contributed by atoms with Gasteiger partial charge in [-0.05, 0) is 36.8 Å². The van der Waals surface area contributed by atoms with Gasteiger partial charge in [0.05, 0.1) is 18.3 Å². The van der Waals surface area contributed by atoms with Crippen molar-refractivity contribution in [1.82, 2.24) is 30.3 Å². The highest BCUT2D eigenvalue weighted by Crippen LogP contribution is 2.32. The molecule has 1 amide bonds. The summed E-state index contributed by atoms with van der Waals surface area (Å²) in [5, 5.41) is 14.2.